The zero-order valence-corrected chi connectivity index (χ0v) is 13.4. The predicted molar refractivity (Wildman–Crippen MR) is 85.2 cm³/mol. The number of carboxylic acid groups (broad SMARTS) is 1. The Balaban J connectivity index is 2.18. The number of nitrogens with one attached hydrogen (secondary N) is 1. The van der Waals surface area contributed by atoms with Crippen LogP contribution >= 0.6 is 33.9 Å². The summed E-state index contributed by atoms with van der Waals surface area (Å²) >= 11 is 3.65. The van der Waals surface area contributed by atoms with Crippen molar-refractivity contribution in [2.45, 2.75) is 19.3 Å². The third-order valence-electron chi connectivity index (χ3n) is 2.77. The highest BCUT2D eigenvalue weighted by Crippen LogP contribution is 2.29. The molecule has 2 N–H and O–H groups in total. The summed E-state index contributed by atoms with van der Waals surface area (Å²) in [6, 6.07) is 7.92. The maximum absolute atomic E-state index is 11.2. The van der Waals surface area contributed by atoms with Gasteiger partial charge in [-0.2, -0.15) is 0 Å². The molecule has 0 aliphatic rings. The van der Waals surface area contributed by atoms with E-state index in [0.29, 0.717) is 10.8 Å². The number of thiazole rings is 1. The standard InChI is InChI=1S/C13H13IN2O2S/c1-13(2,11(17)18)10-7-19-12(16-10)15-9-5-3-8(14)4-6-9/h3-7H,1-2H3,(H,15,16)(H,17,18). The second-order valence-corrected chi connectivity index (χ2v) is 6.70. The molecular weight excluding hydrogens is 375 g/mol. The van der Waals surface area contributed by atoms with Crippen LogP contribution in [0.3, 0.4) is 0 Å². The third kappa shape index (κ3) is 3.24. The highest BCUT2D eigenvalue weighted by atomic mass is 127. The lowest BCUT2D eigenvalue weighted by Crippen LogP contribution is -2.28. The van der Waals surface area contributed by atoms with Gasteiger partial charge in [-0.3, -0.25) is 4.79 Å². The Morgan fingerprint density at radius 1 is 1.37 bits per heavy atom. The number of benzene rings is 1. The van der Waals surface area contributed by atoms with E-state index in [2.05, 4.69) is 32.9 Å². The first kappa shape index (κ1) is 14.3. The maximum Gasteiger partial charge on any atom is 0.315 e. The first-order valence-electron chi connectivity index (χ1n) is 5.61. The van der Waals surface area contributed by atoms with Crippen molar-refractivity contribution in [1.29, 1.82) is 0 Å². The van der Waals surface area contributed by atoms with Crippen molar-refractivity contribution in [2.24, 2.45) is 0 Å². The molecule has 100 valence electrons. The fraction of sp³-hybridized carbons (Fsp3) is 0.231. The lowest BCUT2D eigenvalue weighted by Gasteiger charge is -2.15. The molecule has 0 unspecified atom stereocenters. The van der Waals surface area contributed by atoms with E-state index < -0.39 is 11.4 Å². The van der Waals surface area contributed by atoms with Crippen LogP contribution in [0.1, 0.15) is 19.5 Å². The Morgan fingerprint density at radius 3 is 2.58 bits per heavy atom. The van der Waals surface area contributed by atoms with Crippen molar-refractivity contribution in [3.05, 3.63) is 38.9 Å². The van der Waals surface area contributed by atoms with Gasteiger partial charge in [0.1, 0.15) is 5.41 Å². The van der Waals surface area contributed by atoms with Crippen molar-refractivity contribution in [2.75, 3.05) is 5.32 Å². The van der Waals surface area contributed by atoms with Gasteiger partial charge in [0.2, 0.25) is 0 Å². The summed E-state index contributed by atoms with van der Waals surface area (Å²) in [5.41, 5.74) is 0.537. The van der Waals surface area contributed by atoms with Gasteiger partial charge in [0, 0.05) is 14.6 Å². The summed E-state index contributed by atoms with van der Waals surface area (Å²) in [5.74, 6) is -0.876. The Labute approximate surface area is 129 Å². The van der Waals surface area contributed by atoms with Crippen LogP contribution in [0.25, 0.3) is 0 Å². The van der Waals surface area contributed by atoms with Crippen molar-refractivity contribution >= 4 is 50.7 Å². The molecule has 0 radical (unpaired) electrons. The number of halogens is 1. The zero-order chi connectivity index (χ0) is 14.0. The molecule has 4 nitrogen and oxygen atoms in total. The predicted octanol–water partition coefficient (Wildman–Crippen LogP) is 3.85. The van der Waals surface area contributed by atoms with E-state index in [1.54, 1.807) is 19.2 Å². The van der Waals surface area contributed by atoms with Crippen LogP contribution in [-0.2, 0) is 10.2 Å². The monoisotopic (exact) mass is 388 g/mol. The van der Waals surface area contributed by atoms with Gasteiger partial charge in [0.15, 0.2) is 5.13 Å². The molecule has 0 aliphatic heterocycles. The van der Waals surface area contributed by atoms with Gasteiger partial charge in [-0.25, -0.2) is 4.98 Å². The SMILES string of the molecule is CC(C)(C(=O)O)c1csc(Nc2ccc(I)cc2)n1. The molecule has 0 aliphatic carbocycles. The van der Waals surface area contributed by atoms with E-state index in [1.165, 1.54) is 11.3 Å². The van der Waals surface area contributed by atoms with Crippen LogP contribution in [0.2, 0.25) is 0 Å². The van der Waals surface area contributed by atoms with E-state index >= 15 is 0 Å². The van der Waals surface area contributed by atoms with E-state index in [9.17, 15) is 4.79 Å². The summed E-state index contributed by atoms with van der Waals surface area (Å²) in [7, 11) is 0. The summed E-state index contributed by atoms with van der Waals surface area (Å²) < 4.78 is 1.16. The number of hydrogen-bond acceptors (Lipinski definition) is 4. The van der Waals surface area contributed by atoms with Gasteiger partial charge in [0.25, 0.3) is 0 Å². The first-order valence-corrected chi connectivity index (χ1v) is 7.57. The van der Waals surface area contributed by atoms with Crippen LogP contribution < -0.4 is 5.32 Å². The van der Waals surface area contributed by atoms with Crippen LogP contribution in [0.5, 0.6) is 0 Å². The van der Waals surface area contributed by atoms with Crippen LogP contribution in [0.4, 0.5) is 10.8 Å². The largest absolute Gasteiger partial charge is 0.481 e. The minimum Gasteiger partial charge on any atom is -0.481 e. The minimum absolute atomic E-state index is 0.568. The van der Waals surface area contributed by atoms with Crippen molar-refractivity contribution < 1.29 is 9.90 Å². The van der Waals surface area contributed by atoms with Crippen molar-refractivity contribution in [3.8, 4) is 0 Å². The highest BCUT2D eigenvalue weighted by molar-refractivity contribution is 14.1. The fourth-order valence-corrected chi connectivity index (χ4v) is 2.64. The maximum atomic E-state index is 11.2. The minimum atomic E-state index is -0.970. The molecule has 6 heteroatoms. The topological polar surface area (TPSA) is 62.2 Å². The number of hydrogen-bond donors (Lipinski definition) is 2. The number of rotatable bonds is 4. The molecule has 0 amide bonds. The summed E-state index contributed by atoms with van der Waals surface area (Å²) in [6.07, 6.45) is 0. The van der Waals surface area contributed by atoms with Gasteiger partial charge in [-0.15, -0.1) is 11.3 Å². The molecule has 1 heterocycles. The van der Waals surface area contributed by atoms with Crippen LogP contribution in [-0.4, -0.2) is 16.1 Å². The zero-order valence-electron chi connectivity index (χ0n) is 10.5. The Kier molecular flexibility index (Phi) is 4.10. The van der Waals surface area contributed by atoms with Crippen molar-refractivity contribution in [3.63, 3.8) is 0 Å². The van der Waals surface area contributed by atoms with Crippen LogP contribution in [0, 0.1) is 3.57 Å². The molecule has 1 aromatic carbocycles. The average molecular weight is 388 g/mol. The molecule has 0 spiro atoms. The molecule has 0 atom stereocenters. The van der Waals surface area contributed by atoms with Gasteiger partial charge in [-0.1, -0.05) is 0 Å². The molecular formula is C13H13IN2O2S. The number of carboxylic acids is 1. The van der Waals surface area contributed by atoms with E-state index in [0.717, 1.165) is 9.26 Å². The molecule has 0 fully saturated rings. The van der Waals surface area contributed by atoms with Crippen molar-refractivity contribution in [1.82, 2.24) is 4.98 Å². The number of carbonyl (C=O) groups is 1. The molecule has 2 aromatic rings. The Morgan fingerprint density at radius 2 is 2.00 bits per heavy atom. The highest BCUT2D eigenvalue weighted by Gasteiger charge is 2.32. The second-order valence-electron chi connectivity index (χ2n) is 4.60. The lowest BCUT2D eigenvalue weighted by atomic mass is 9.90. The number of anilines is 2. The smallest absolute Gasteiger partial charge is 0.315 e. The summed E-state index contributed by atoms with van der Waals surface area (Å²) in [6.45, 7) is 3.30. The normalized spacial score (nSPS) is 11.3. The number of nitrogens with zero attached hydrogens (tertiary/aromatic N) is 1. The molecule has 19 heavy (non-hydrogen) atoms. The molecule has 0 saturated heterocycles. The van der Waals surface area contributed by atoms with Crippen LogP contribution in [0.15, 0.2) is 29.6 Å². The van der Waals surface area contributed by atoms with Gasteiger partial charge >= 0.3 is 5.97 Å². The molecule has 0 bridgehead atoms. The molecule has 1 aromatic heterocycles. The number of aromatic nitrogens is 1. The fourth-order valence-electron chi connectivity index (χ4n) is 1.38. The van der Waals surface area contributed by atoms with E-state index in [4.69, 9.17) is 5.11 Å². The third-order valence-corrected chi connectivity index (χ3v) is 4.25. The second kappa shape index (κ2) is 5.46. The summed E-state index contributed by atoms with van der Waals surface area (Å²) in [5, 5.41) is 14.8. The average Bonchev–Trinajstić information content (AvgIpc) is 2.81. The molecule has 2 rings (SSSR count). The lowest BCUT2D eigenvalue weighted by molar-refractivity contribution is -0.142. The first-order chi connectivity index (χ1) is 8.89. The molecule has 0 saturated carbocycles. The van der Waals surface area contributed by atoms with Gasteiger partial charge in [0.05, 0.1) is 5.69 Å². The quantitative estimate of drug-likeness (QED) is 0.782. The Hall–Kier alpha value is -1.15. The number of aliphatic carboxylic acids is 1. The Bertz CT molecular complexity index is 593. The van der Waals surface area contributed by atoms with Gasteiger partial charge < -0.3 is 10.4 Å². The van der Waals surface area contributed by atoms with E-state index in [1.807, 2.05) is 24.3 Å². The summed E-state index contributed by atoms with van der Waals surface area (Å²) in [4.78, 5) is 15.5. The van der Waals surface area contributed by atoms with Gasteiger partial charge in [-0.05, 0) is 60.7 Å². The van der Waals surface area contributed by atoms with E-state index in [-0.39, 0.29) is 0 Å².